The number of nitrogens with zero attached hydrogens (tertiary/aromatic N) is 5. The van der Waals surface area contributed by atoms with Crippen molar-refractivity contribution in [2.24, 2.45) is 0 Å². The Balaban J connectivity index is 1.50. The molecular weight excluding hydrogens is 432 g/mol. The van der Waals surface area contributed by atoms with Gasteiger partial charge in [0, 0.05) is 12.1 Å². The lowest BCUT2D eigenvalue weighted by Gasteiger charge is -2.21. The third-order valence-electron chi connectivity index (χ3n) is 6.53. The Kier molecular flexibility index (Phi) is 6.11. The van der Waals surface area contributed by atoms with Crippen molar-refractivity contribution in [2.75, 3.05) is 11.5 Å². The highest BCUT2D eigenvalue weighted by atomic mass is 32.2. The van der Waals surface area contributed by atoms with Gasteiger partial charge in [0.15, 0.2) is 0 Å². The molecule has 0 amide bonds. The van der Waals surface area contributed by atoms with Crippen LogP contribution in [0.3, 0.4) is 0 Å². The summed E-state index contributed by atoms with van der Waals surface area (Å²) >= 11 is 1.77. The highest BCUT2D eigenvalue weighted by Crippen LogP contribution is 2.35. The van der Waals surface area contributed by atoms with Crippen molar-refractivity contribution in [1.82, 2.24) is 19.1 Å². The van der Waals surface area contributed by atoms with Gasteiger partial charge in [-0.3, -0.25) is 4.57 Å². The van der Waals surface area contributed by atoms with Crippen LogP contribution < -0.4 is 11.4 Å². The van der Waals surface area contributed by atoms with Gasteiger partial charge in [-0.05, 0) is 49.6 Å². The topological polar surface area (TPSA) is 103 Å². The summed E-state index contributed by atoms with van der Waals surface area (Å²) in [5.41, 5.74) is 8.74. The Bertz CT molecular complexity index is 1340. The first-order chi connectivity index (χ1) is 16.1. The fraction of sp³-hybridized carbons (Fsp3) is 0.440. The van der Waals surface area contributed by atoms with Gasteiger partial charge >= 0.3 is 5.69 Å². The van der Waals surface area contributed by atoms with E-state index in [-0.39, 0.29) is 16.9 Å². The quantitative estimate of drug-likeness (QED) is 0.591. The van der Waals surface area contributed by atoms with Crippen LogP contribution in [0.5, 0.6) is 0 Å². The van der Waals surface area contributed by atoms with Crippen LogP contribution in [0.25, 0.3) is 11.0 Å². The fourth-order valence-corrected chi connectivity index (χ4v) is 6.08. The molecule has 3 heterocycles. The molecule has 33 heavy (non-hydrogen) atoms. The maximum Gasteiger partial charge on any atom is 0.350 e. The smallest absolute Gasteiger partial charge is 0.350 e. The van der Waals surface area contributed by atoms with Crippen molar-refractivity contribution in [3.05, 3.63) is 51.8 Å². The van der Waals surface area contributed by atoms with E-state index in [1.165, 1.54) is 19.3 Å². The largest absolute Gasteiger partial charge is 0.382 e. The number of thioether (sulfide) groups is 1. The van der Waals surface area contributed by atoms with Gasteiger partial charge in [0.2, 0.25) is 0 Å². The van der Waals surface area contributed by atoms with Crippen LogP contribution in [-0.2, 0) is 6.54 Å². The van der Waals surface area contributed by atoms with Crippen molar-refractivity contribution < 1.29 is 0 Å². The summed E-state index contributed by atoms with van der Waals surface area (Å²) in [6.45, 7) is 0.463. The molecule has 3 aromatic rings. The summed E-state index contributed by atoms with van der Waals surface area (Å²) in [6.07, 6.45) is 9.77. The predicted molar refractivity (Wildman–Crippen MR) is 131 cm³/mol. The molecule has 1 aliphatic carbocycles. The summed E-state index contributed by atoms with van der Waals surface area (Å²) < 4.78 is 3.84. The number of rotatable bonds is 3. The Morgan fingerprint density at radius 2 is 2.00 bits per heavy atom. The highest BCUT2D eigenvalue weighted by Gasteiger charge is 2.23. The van der Waals surface area contributed by atoms with E-state index in [9.17, 15) is 10.1 Å². The molecule has 2 fully saturated rings. The Morgan fingerprint density at radius 3 is 2.76 bits per heavy atom. The number of nitrogens with two attached hydrogens (primary N) is 1. The van der Waals surface area contributed by atoms with E-state index in [1.807, 2.05) is 18.2 Å². The fourth-order valence-electron chi connectivity index (χ4n) is 4.83. The molecule has 0 radical (unpaired) electrons. The average molecular weight is 459 g/mol. The number of benzene rings is 1. The summed E-state index contributed by atoms with van der Waals surface area (Å²) in [5, 5.41) is 9.39. The molecule has 2 N–H and O–H groups in total. The van der Waals surface area contributed by atoms with Crippen molar-refractivity contribution in [1.29, 1.82) is 5.26 Å². The Morgan fingerprint density at radius 1 is 1.15 bits per heavy atom. The summed E-state index contributed by atoms with van der Waals surface area (Å²) in [6, 6.07) is 7.84. The van der Waals surface area contributed by atoms with E-state index in [1.54, 1.807) is 22.5 Å². The number of nitrogen functional groups attached to an aromatic ring is 1. The molecule has 1 atom stereocenters. The van der Waals surface area contributed by atoms with Gasteiger partial charge in [-0.15, -0.1) is 11.8 Å². The first kappa shape index (κ1) is 21.6. The number of anilines is 1. The lowest BCUT2D eigenvalue weighted by atomic mass is 9.88. The minimum atomic E-state index is -0.314. The van der Waals surface area contributed by atoms with Gasteiger partial charge < -0.3 is 10.3 Å². The molecule has 0 bridgehead atoms. The second-order valence-electron chi connectivity index (χ2n) is 8.71. The van der Waals surface area contributed by atoms with Crippen LogP contribution in [0.15, 0.2) is 29.2 Å². The van der Waals surface area contributed by atoms with Gasteiger partial charge in [-0.1, -0.05) is 31.1 Å². The minimum Gasteiger partial charge on any atom is -0.382 e. The number of aromatic nitrogens is 4. The molecule has 168 valence electrons. The van der Waals surface area contributed by atoms with E-state index in [0.717, 1.165) is 48.3 Å². The van der Waals surface area contributed by atoms with Crippen LogP contribution in [0.1, 0.15) is 73.2 Å². The van der Waals surface area contributed by atoms with E-state index < -0.39 is 0 Å². The van der Waals surface area contributed by atoms with E-state index in [0.29, 0.717) is 23.6 Å². The summed E-state index contributed by atoms with van der Waals surface area (Å²) in [7, 11) is 0. The molecular formula is C25H26N6OS. The number of hydrogen-bond acceptors (Lipinski definition) is 6. The van der Waals surface area contributed by atoms with E-state index in [4.69, 9.17) is 10.7 Å². The maximum atomic E-state index is 12.3. The summed E-state index contributed by atoms with van der Waals surface area (Å²) in [4.78, 5) is 21.3. The highest BCUT2D eigenvalue weighted by molar-refractivity contribution is 7.99. The predicted octanol–water partition coefficient (Wildman–Crippen LogP) is 4.17. The zero-order valence-electron chi connectivity index (χ0n) is 18.5. The monoisotopic (exact) mass is 458 g/mol. The third kappa shape index (κ3) is 4.36. The number of hydrogen-bond donors (Lipinski definition) is 1. The van der Waals surface area contributed by atoms with Crippen molar-refractivity contribution >= 4 is 28.6 Å². The van der Waals surface area contributed by atoms with Crippen LogP contribution >= 0.6 is 11.8 Å². The second kappa shape index (κ2) is 9.33. The molecule has 1 unspecified atom stereocenters. The molecule has 1 aromatic carbocycles. The molecule has 8 heteroatoms. The van der Waals surface area contributed by atoms with Gasteiger partial charge in [0.05, 0.1) is 40.1 Å². The van der Waals surface area contributed by atoms with Crippen molar-refractivity contribution in [3.8, 4) is 17.9 Å². The molecule has 1 aliphatic heterocycles. The molecule has 5 rings (SSSR count). The molecule has 1 saturated carbocycles. The lowest BCUT2D eigenvalue weighted by Crippen LogP contribution is -2.26. The number of fused-ring (bicyclic) bond motifs is 1. The molecule has 2 aromatic heterocycles. The Hall–Kier alpha value is -3.23. The minimum absolute atomic E-state index is 0.107. The molecule has 0 spiro atoms. The number of imidazole rings is 1. The number of nitriles is 1. The average Bonchev–Trinajstić information content (AvgIpc) is 3.49. The third-order valence-corrected chi connectivity index (χ3v) is 7.91. The Labute approximate surface area is 197 Å². The second-order valence-corrected chi connectivity index (χ2v) is 9.99. The SMILES string of the molecule is N#Cc1ccc2c(c1)nc(C1CCCCC1)n2CC#Cc1cn(C2CCCS2)c(=O)nc1N. The first-order valence-electron chi connectivity index (χ1n) is 11.5. The molecule has 2 aliphatic rings. The lowest BCUT2D eigenvalue weighted by molar-refractivity contribution is 0.421. The van der Waals surface area contributed by atoms with Crippen LogP contribution in [0.4, 0.5) is 5.82 Å². The van der Waals surface area contributed by atoms with Crippen LogP contribution in [0.2, 0.25) is 0 Å². The molecule has 7 nitrogen and oxygen atoms in total. The van der Waals surface area contributed by atoms with Crippen molar-refractivity contribution in [2.45, 2.75) is 62.8 Å². The van der Waals surface area contributed by atoms with Crippen LogP contribution in [0, 0.1) is 23.2 Å². The first-order valence-corrected chi connectivity index (χ1v) is 12.6. The van der Waals surface area contributed by atoms with Crippen molar-refractivity contribution in [3.63, 3.8) is 0 Å². The maximum absolute atomic E-state index is 12.3. The molecule has 1 saturated heterocycles. The van der Waals surface area contributed by atoms with E-state index in [2.05, 4.69) is 27.5 Å². The summed E-state index contributed by atoms with van der Waals surface area (Å²) in [5.74, 6) is 9.08. The van der Waals surface area contributed by atoms with Crippen LogP contribution in [-0.4, -0.2) is 24.9 Å². The zero-order valence-corrected chi connectivity index (χ0v) is 19.3. The van der Waals surface area contributed by atoms with Gasteiger partial charge in [0.1, 0.15) is 11.6 Å². The van der Waals surface area contributed by atoms with Gasteiger partial charge in [-0.25, -0.2) is 9.78 Å². The normalized spacial score (nSPS) is 18.7. The van der Waals surface area contributed by atoms with Gasteiger partial charge in [0.25, 0.3) is 0 Å². The van der Waals surface area contributed by atoms with E-state index >= 15 is 0 Å². The standard InChI is InChI=1S/C25H26N6OS/c26-15-17-10-11-21-20(14-17)28-24(18-6-2-1-3-7-18)30(21)12-4-8-19-16-31(22-9-5-13-33-22)25(32)29-23(19)27/h10-11,14,16,18,22H,1-3,5-7,9,12-13H2,(H2,27,29,32). The van der Waals surface area contributed by atoms with Gasteiger partial charge in [-0.2, -0.15) is 10.2 Å². The zero-order chi connectivity index (χ0) is 22.8.